The second-order valence-electron chi connectivity index (χ2n) is 5.29. The van der Waals surface area contributed by atoms with Crippen LogP contribution in [0.2, 0.25) is 0 Å². The van der Waals surface area contributed by atoms with Crippen molar-refractivity contribution in [3.63, 3.8) is 0 Å². The molecule has 0 aliphatic carbocycles. The summed E-state index contributed by atoms with van der Waals surface area (Å²) in [6.07, 6.45) is 0. The molecule has 1 heterocycles. The Balaban J connectivity index is 1.61. The molecule has 0 radical (unpaired) electrons. The maximum absolute atomic E-state index is 12.1. The van der Waals surface area contributed by atoms with E-state index in [1.165, 1.54) is 20.3 Å². The first-order valence-corrected chi connectivity index (χ1v) is 8.04. The highest BCUT2D eigenvalue weighted by Crippen LogP contribution is 2.23. The van der Waals surface area contributed by atoms with Crippen molar-refractivity contribution in [2.45, 2.75) is 0 Å². The number of hydrogen-bond acceptors (Lipinski definition) is 6. The van der Waals surface area contributed by atoms with Crippen LogP contribution in [0.25, 0.3) is 0 Å². The number of methoxy groups -OCH3 is 2. The van der Waals surface area contributed by atoms with Gasteiger partial charge in [-0.1, -0.05) is 18.2 Å². The molecule has 0 unspecified atom stereocenters. The van der Waals surface area contributed by atoms with E-state index in [1.54, 1.807) is 24.3 Å². The van der Waals surface area contributed by atoms with Gasteiger partial charge in [-0.25, -0.2) is 4.79 Å². The fourth-order valence-corrected chi connectivity index (χ4v) is 2.16. The Kier molecular flexibility index (Phi) is 5.68. The third-order valence-electron chi connectivity index (χ3n) is 3.41. The Morgan fingerprint density at radius 3 is 2.00 bits per heavy atom. The fourth-order valence-electron chi connectivity index (χ4n) is 2.16. The Labute approximate surface area is 156 Å². The van der Waals surface area contributed by atoms with Crippen molar-refractivity contribution in [2.75, 3.05) is 24.9 Å². The lowest BCUT2D eigenvalue weighted by Crippen LogP contribution is -2.21. The first-order chi connectivity index (χ1) is 13.2. The molecule has 2 amide bonds. The van der Waals surface area contributed by atoms with E-state index in [4.69, 9.17) is 14.2 Å². The van der Waals surface area contributed by atoms with Gasteiger partial charge in [0.2, 0.25) is 17.7 Å². The number of hydrogen-bond donors (Lipinski definition) is 2. The Morgan fingerprint density at radius 2 is 1.41 bits per heavy atom. The molecular weight excluding hydrogens is 348 g/mol. The minimum absolute atomic E-state index is 0.0627. The van der Waals surface area contributed by atoms with Crippen LogP contribution in [0.5, 0.6) is 23.3 Å². The monoisotopic (exact) mass is 366 g/mol. The van der Waals surface area contributed by atoms with E-state index >= 15 is 0 Å². The molecule has 27 heavy (non-hydrogen) atoms. The zero-order valence-corrected chi connectivity index (χ0v) is 14.8. The third-order valence-corrected chi connectivity index (χ3v) is 3.41. The molecule has 0 aliphatic rings. The second kappa shape index (κ2) is 8.52. The highest BCUT2D eigenvalue weighted by atomic mass is 16.5. The van der Waals surface area contributed by atoms with Gasteiger partial charge in [-0.2, -0.15) is 9.97 Å². The summed E-state index contributed by atoms with van der Waals surface area (Å²) in [5, 5.41) is 5.22. The number of carbonyl (C=O) groups is 1. The molecule has 0 atom stereocenters. The number of benzene rings is 2. The third kappa shape index (κ3) is 5.08. The summed E-state index contributed by atoms with van der Waals surface area (Å²) >= 11 is 0. The number of carbonyl (C=O) groups excluding carboxylic acids is 1. The van der Waals surface area contributed by atoms with E-state index in [2.05, 4.69) is 20.6 Å². The van der Waals surface area contributed by atoms with Crippen LogP contribution in [0.15, 0.2) is 60.7 Å². The molecule has 1 aromatic heterocycles. The van der Waals surface area contributed by atoms with E-state index in [-0.39, 0.29) is 17.7 Å². The van der Waals surface area contributed by atoms with Crippen molar-refractivity contribution in [3.8, 4) is 23.3 Å². The minimum atomic E-state index is -0.498. The van der Waals surface area contributed by atoms with Crippen LogP contribution in [-0.4, -0.2) is 30.2 Å². The van der Waals surface area contributed by atoms with Crippen molar-refractivity contribution in [2.24, 2.45) is 0 Å². The largest absolute Gasteiger partial charge is 0.481 e. The molecule has 0 saturated carbocycles. The molecule has 138 valence electrons. The molecule has 8 nitrogen and oxygen atoms in total. The lowest BCUT2D eigenvalue weighted by molar-refractivity contribution is 0.262. The van der Waals surface area contributed by atoms with E-state index < -0.39 is 6.03 Å². The molecular formula is C19H18N4O4. The minimum Gasteiger partial charge on any atom is -0.481 e. The Morgan fingerprint density at radius 1 is 0.815 bits per heavy atom. The average molecular weight is 366 g/mol. The molecule has 3 rings (SSSR count). The Bertz CT molecular complexity index is 879. The zero-order valence-electron chi connectivity index (χ0n) is 14.8. The molecule has 8 heteroatoms. The van der Waals surface area contributed by atoms with Gasteiger partial charge in [-0.05, 0) is 36.4 Å². The number of nitrogens with zero attached hydrogens (tertiary/aromatic N) is 2. The first kappa shape index (κ1) is 18.0. The molecule has 0 spiro atoms. The van der Waals surface area contributed by atoms with E-state index in [0.29, 0.717) is 11.4 Å². The van der Waals surface area contributed by atoms with Gasteiger partial charge in [-0.3, -0.25) is 5.32 Å². The summed E-state index contributed by atoms with van der Waals surface area (Å²) in [5.74, 6) is 2.01. The van der Waals surface area contributed by atoms with Gasteiger partial charge in [0.15, 0.2) is 0 Å². The molecule has 0 saturated heterocycles. The van der Waals surface area contributed by atoms with Gasteiger partial charge in [0.05, 0.1) is 20.3 Å². The van der Waals surface area contributed by atoms with Crippen molar-refractivity contribution in [1.82, 2.24) is 9.97 Å². The number of nitrogens with one attached hydrogen (secondary N) is 2. The second-order valence-corrected chi connectivity index (χ2v) is 5.29. The molecule has 0 fully saturated rings. The number of aromatic nitrogens is 2. The molecule has 2 aromatic carbocycles. The van der Waals surface area contributed by atoms with Crippen LogP contribution < -0.4 is 24.8 Å². The quantitative estimate of drug-likeness (QED) is 0.686. The lowest BCUT2D eigenvalue weighted by atomic mass is 10.3. The molecule has 3 aromatic rings. The normalized spacial score (nSPS) is 10.0. The topological polar surface area (TPSA) is 94.6 Å². The van der Waals surface area contributed by atoms with Gasteiger partial charge in [0.1, 0.15) is 11.5 Å². The van der Waals surface area contributed by atoms with Gasteiger partial charge in [0.25, 0.3) is 0 Å². The van der Waals surface area contributed by atoms with E-state index in [9.17, 15) is 4.79 Å². The van der Waals surface area contributed by atoms with Crippen LogP contribution in [0.4, 0.5) is 16.4 Å². The summed E-state index contributed by atoms with van der Waals surface area (Å²) in [6, 6.07) is 17.4. The molecule has 0 bridgehead atoms. The zero-order chi connectivity index (χ0) is 19.1. The Hall–Kier alpha value is -3.81. The van der Waals surface area contributed by atoms with Gasteiger partial charge in [0, 0.05) is 5.69 Å². The standard InChI is InChI=1S/C19H18N4O4/c1-25-16-12-17(26-2)22-18(21-16)23-19(24)20-13-8-10-15(11-9-13)27-14-6-4-3-5-7-14/h3-12H,1-2H3,(H2,20,21,22,23,24). The maximum Gasteiger partial charge on any atom is 0.326 e. The van der Waals surface area contributed by atoms with E-state index in [0.717, 1.165) is 5.75 Å². The average Bonchev–Trinajstić information content (AvgIpc) is 2.70. The van der Waals surface area contributed by atoms with Crippen LogP contribution in [-0.2, 0) is 0 Å². The van der Waals surface area contributed by atoms with Crippen molar-refractivity contribution in [3.05, 3.63) is 60.7 Å². The molecule has 0 aliphatic heterocycles. The SMILES string of the molecule is COc1cc(OC)nc(NC(=O)Nc2ccc(Oc3ccccc3)cc2)n1. The van der Waals surface area contributed by atoms with E-state index in [1.807, 2.05) is 30.3 Å². The smallest absolute Gasteiger partial charge is 0.326 e. The predicted molar refractivity (Wildman–Crippen MR) is 101 cm³/mol. The number of ether oxygens (including phenoxy) is 3. The predicted octanol–water partition coefficient (Wildman–Crippen LogP) is 3.93. The van der Waals surface area contributed by atoms with Gasteiger partial charge in [-0.15, -0.1) is 0 Å². The van der Waals surface area contributed by atoms with Crippen molar-refractivity contribution in [1.29, 1.82) is 0 Å². The maximum atomic E-state index is 12.1. The highest BCUT2D eigenvalue weighted by Gasteiger charge is 2.09. The van der Waals surface area contributed by atoms with Crippen LogP contribution >= 0.6 is 0 Å². The summed E-state index contributed by atoms with van der Waals surface area (Å²) in [4.78, 5) is 20.2. The number of para-hydroxylation sites is 1. The van der Waals surface area contributed by atoms with Crippen molar-refractivity contribution >= 4 is 17.7 Å². The summed E-state index contributed by atoms with van der Waals surface area (Å²) < 4.78 is 15.8. The number of amides is 2. The summed E-state index contributed by atoms with van der Waals surface area (Å²) in [5.41, 5.74) is 0.586. The van der Waals surface area contributed by atoms with Crippen molar-refractivity contribution < 1.29 is 19.0 Å². The van der Waals surface area contributed by atoms with Gasteiger partial charge < -0.3 is 19.5 Å². The number of urea groups is 1. The van der Waals surface area contributed by atoms with Crippen LogP contribution in [0, 0.1) is 0 Å². The molecule has 2 N–H and O–H groups in total. The summed E-state index contributed by atoms with van der Waals surface area (Å²) in [7, 11) is 2.93. The van der Waals surface area contributed by atoms with Crippen LogP contribution in [0.3, 0.4) is 0 Å². The fraction of sp³-hybridized carbons (Fsp3) is 0.105. The first-order valence-electron chi connectivity index (χ1n) is 8.04. The highest BCUT2D eigenvalue weighted by molar-refractivity contribution is 5.98. The number of rotatable bonds is 6. The summed E-state index contributed by atoms with van der Waals surface area (Å²) in [6.45, 7) is 0. The van der Waals surface area contributed by atoms with Gasteiger partial charge >= 0.3 is 6.03 Å². The lowest BCUT2D eigenvalue weighted by Gasteiger charge is -2.10. The van der Waals surface area contributed by atoms with Crippen LogP contribution in [0.1, 0.15) is 0 Å². The number of anilines is 2.